The molecule has 1 saturated carbocycles. The summed E-state index contributed by atoms with van der Waals surface area (Å²) in [5.74, 6) is 1.41. The molecule has 2 heterocycles. The van der Waals surface area contributed by atoms with Crippen molar-refractivity contribution < 1.29 is 4.79 Å². The van der Waals surface area contributed by atoms with Gasteiger partial charge in [0.15, 0.2) is 17.3 Å². The monoisotopic (exact) mass is 325 g/mol. The van der Waals surface area contributed by atoms with Crippen LogP contribution in [0.2, 0.25) is 0 Å². The molecule has 0 aliphatic heterocycles. The van der Waals surface area contributed by atoms with Crippen molar-refractivity contribution in [1.82, 2.24) is 19.5 Å². The number of carbonyl (C=O) groups excluding carboxylic acids is 1. The molecule has 6 nitrogen and oxygen atoms in total. The summed E-state index contributed by atoms with van der Waals surface area (Å²) in [4.78, 5) is 24.8. The molecule has 6 heteroatoms. The van der Waals surface area contributed by atoms with Crippen LogP contribution in [-0.2, 0) is 6.54 Å². The summed E-state index contributed by atoms with van der Waals surface area (Å²) < 4.78 is 2.07. The van der Waals surface area contributed by atoms with E-state index < -0.39 is 0 Å². The first-order valence-electron chi connectivity index (χ1n) is 8.46. The van der Waals surface area contributed by atoms with E-state index in [1.54, 1.807) is 6.20 Å². The summed E-state index contributed by atoms with van der Waals surface area (Å²) in [6.45, 7) is 7.88. The highest BCUT2D eigenvalue weighted by atomic mass is 16.1. The molecule has 1 N–H and O–H groups in total. The average Bonchev–Trinajstić information content (AvgIpc) is 2.92. The highest BCUT2D eigenvalue weighted by Crippen LogP contribution is 2.28. The van der Waals surface area contributed by atoms with E-state index in [9.17, 15) is 4.79 Å². The second kappa shape index (κ2) is 6.97. The predicted molar refractivity (Wildman–Crippen MR) is 93.9 cm³/mol. The van der Waals surface area contributed by atoms with E-state index >= 15 is 0 Å². The molecule has 0 spiro atoms. The van der Waals surface area contributed by atoms with Gasteiger partial charge in [-0.2, -0.15) is 0 Å². The van der Waals surface area contributed by atoms with Crippen LogP contribution in [0.4, 0.5) is 5.95 Å². The molecule has 0 bridgehead atoms. The number of ketones is 1. The minimum atomic E-state index is -0.140. The Morgan fingerprint density at radius 3 is 2.75 bits per heavy atom. The fourth-order valence-corrected chi connectivity index (χ4v) is 3.20. The van der Waals surface area contributed by atoms with Crippen molar-refractivity contribution in [3.8, 4) is 0 Å². The lowest BCUT2D eigenvalue weighted by atomic mass is 9.89. The van der Waals surface area contributed by atoms with Crippen LogP contribution in [0.3, 0.4) is 0 Å². The standard InChI is InChI=1S/C18H23N5O/c1-4-12(2)20-18-21-15-10-19-16(13(3)24)22-17(15)23(18)11-14-8-6-5-7-9-14/h10,14H,1,5-9,11H2,2-3H3,(H,20,21). The van der Waals surface area contributed by atoms with Gasteiger partial charge in [-0.05, 0) is 25.7 Å². The van der Waals surface area contributed by atoms with E-state index in [4.69, 9.17) is 0 Å². The van der Waals surface area contributed by atoms with Crippen molar-refractivity contribution in [2.24, 2.45) is 5.92 Å². The van der Waals surface area contributed by atoms with Gasteiger partial charge in [0.05, 0.1) is 11.9 Å². The minimum absolute atomic E-state index is 0.140. The maximum atomic E-state index is 11.6. The number of allylic oxidation sites excluding steroid dienone is 1. The number of carbonyl (C=O) groups is 1. The first-order chi connectivity index (χ1) is 11.6. The molecule has 0 amide bonds. The molecular weight excluding hydrogens is 302 g/mol. The first kappa shape index (κ1) is 16.4. The lowest BCUT2D eigenvalue weighted by Gasteiger charge is -2.23. The van der Waals surface area contributed by atoms with Gasteiger partial charge in [0.1, 0.15) is 5.52 Å². The number of Topliss-reactive ketones (excluding diaryl/α,β-unsaturated/α-hetero) is 1. The van der Waals surface area contributed by atoms with E-state index in [-0.39, 0.29) is 11.6 Å². The summed E-state index contributed by atoms with van der Waals surface area (Å²) >= 11 is 0. The quantitative estimate of drug-likeness (QED) is 0.670. The number of nitrogens with one attached hydrogen (secondary N) is 1. The Labute approximate surface area is 141 Å². The van der Waals surface area contributed by atoms with Gasteiger partial charge in [-0.3, -0.25) is 9.36 Å². The Hall–Kier alpha value is -2.46. The number of hydrogen-bond acceptors (Lipinski definition) is 5. The van der Waals surface area contributed by atoms with Crippen LogP contribution >= 0.6 is 0 Å². The molecule has 2 aromatic heterocycles. The third kappa shape index (κ3) is 3.39. The normalized spacial score (nSPS) is 15.2. The first-order valence-corrected chi connectivity index (χ1v) is 8.46. The summed E-state index contributed by atoms with van der Waals surface area (Å²) in [7, 11) is 0. The highest BCUT2D eigenvalue weighted by Gasteiger charge is 2.20. The molecule has 3 rings (SSSR count). The largest absolute Gasteiger partial charge is 0.323 e. The number of aromatic nitrogens is 4. The lowest BCUT2D eigenvalue weighted by Crippen LogP contribution is -2.16. The number of imidazole rings is 1. The fourth-order valence-electron chi connectivity index (χ4n) is 3.20. The number of hydrogen-bond donors (Lipinski definition) is 1. The molecule has 0 aromatic carbocycles. The maximum absolute atomic E-state index is 11.6. The van der Waals surface area contributed by atoms with Gasteiger partial charge in [-0.15, -0.1) is 5.73 Å². The Bertz CT molecular complexity index is 810. The van der Waals surface area contributed by atoms with Crippen LogP contribution in [0.15, 0.2) is 24.2 Å². The van der Waals surface area contributed by atoms with Gasteiger partial charge in [0, 0.05) is 13.5 Å². The average molecular weight is 325 g/mol. The van der Waals surface area contributed by atoms with E-state index in [1.165, 1.54) is 39.0 Å². The second-order valence-corrected chi connectivity index (χ2v) is 6.44. The van der Waals surface area contributed by atoms with Crippen LogP contribution in [0.5, 0.6) is 0 Å². The number of nitrogens with zero attached hydrogens (tertiary/aromatic N) is 4. The summed E-state index contributed by atoms with van der Waals surface area (Å²) in [6.07, 6.45) is 7.94. The van der Waals surface area contributed by atoms with Crippen LogP contribution in [0.1, 0.15) is 56.6 Å². The third-order valence-corrected chi connectivity index (χ3v) is 4.53. The second-order valence-electron chi connectivity index (χ2n) is 6.44. The third-order valence-electron chi connectivity index (χ3n) is 4.53. The topological polar surface area (TPSA) is 72.7 Å². The Morgan fingerprint density at radius 1 is 1.33 bits per heavy atom. The van der Waals surface area contributed by atoms with Gasteiger partial charge in [0.2, 0.25) is 5.95 Å². The maximum Gasteiger partial charge on any atom is 0.209 e. The van der Waals surface area contributed by atoms with Crippen LogP contribution in [0, 0.1) is 5.92 Å². The zero-order valence-corrected chi connectivity index (χ0v) is 14.3. The molecule has 1 fully saturated rings. The molecule has 0 unspecified atom stereocenters. The van der Waals surface area contributed by atoms with E-state index in [0.717, 1.165) is 12.2 Å². The highest BCUT2D eigenvalue weighted by molar-refractivity contribution is 5.91. The van der Waals surface area contributed by atoms with E-state index in [0.29, 0.717) is 23.0 Å². The zero-order valence-electron chi connectivity index (χ0n) is 14.3. The Kier molecular flexibility index (Phi) is 4.76. The Morgan fingerprint density at radius 2 is 2.08 bits per heavy atom. The number of anilines is 1. The zero-order chi connectivity index (χ0) is 17.1. The molecule has 126 valence electrons. The minimum Gasteiger partial charge on any atom is -0.323 e. The smallest absolute Gasteiger partial charge is 0.209 e. The summed E-state index contributed by atoms with van der Waals surface area (Å²) in [5, 5.41) is 3.23. The number of rotatable bonds is 5. The van der Waals surface area contributed by atoms with Gasteiger partial charge in [-0.1, -0.05) is 25.8 Å². The van der Waals surface area contributed by atoms with Crippen LogP contribution in [-0.4, -0.2) is 25.3 Å². The lowest BCUT2D eigenvalue weighted by molar-refractivity contribution is 0.100. The van der Waals surface area contributed by atoms with Crippen molar-refractivity contribution in [1.29, 1.82) is 0 Å². The van der Waals surface area contributed by atoms with Crippen molar-refractivity contribution in [3.05, 3.63) is 30.0 Å². The van der Waals surface area contributed by atoms with Crippen molar-refractivity contribution in [3.63, 3.8) is 0 Å². The SMILES string of the molecule is C=C=C(C)Nc1nc2cnc(C(C)=O)nc2n1CC1CCCCC1. The molecule has 1 aliphatic carbocycles. The van der Waals surface area contributed by atoms with Crippen molar-refractivity contribution in [2.75, 3.05) is 5.32 Å². The molecular formula is C18H23N5O. The molecule has 0 saturated heterocycles. The molecule has 24 heavy (non-hydrogen) atoms. The van der Waals surface area contributed by atoms with Gasteiger partial charge >= 0.3 is 0 Å². The molecule has 1 aliphatic rings. The summed E-state index contributed by atoms with van der Waals surface area (Å²) in [6, 6.07) is 0. The molecule has 2 aromatic rings. The van der Waals surface area contributed by atoms with Crippen molar-refractivity contribution >= 4 is 22.9 Å². The van der Waals surface area contributed by atoms with E-state index in [2.05, 4.69) is 37.1 Å². The van der Waals surface area contributed by atoms with Gasteiger partial charge < -0.3 is 5.32 Å². The van der Waals surface area contributed by atoms with Gasteiger partial charge in [0.25, 0.3) is 0 Å². The molecule has 0 radical (unpaired) electrons. The van der Waals surface area contributed by atoms with E-state index in [1.807, 2.05) is 6.92 Å². The van der Waals surface area contributed by atoms with Crippen LogP contribution in [0.25, 0.3) is 11.2 Å². The Balaban J connectivity index is 2.04. The number of fused-ring (bicyclic) bond motifs is 1. The predicted octanol–water partition coefficient (Wildman–Crippen LogP) is 3.71. The molecule has 0 atom stereocenters. The summed E-state index contributed by atoms with van der Waals surface area (Å²) in [5.41, 5.74) is 5.03. The van der Waals surface area contributed by atoms with Crippen molar-refractivity contribution in [2.45, 2.75) is 52.5 Å². The van der Waals surface area contributed by atoms with Crippen LogP contribution < -0.4 is 5.32 Å². The fraction of sp³-hybridized carbons (Fsp3) is 0.500. The van der Waals surface area contributed by atoms with Gasteiger partial charge in [-0.25, -0.2) is 15.0 Å².